The summed E-state index contributed by atoms with van der Waals surface area (Å²) in [5, 5.41) is 12.0. The van der Waals surface area contributed by atoms with Gasteiger partial charge in [-0.15, -0.1) is 0 Å². The number of rotatable bonds is 5. The van der Waals surface area contributed by atoms with Crippen LogP contribution < -0.4 is 5.32 Å². The molecule has 0 saturated heterocycles. The monoisotopic (exact) mass is 302 g/mol. The normalized spacial score (nSPS) is 11.7. The second-order valence-corrected chi connectivity index (χ2v) is 5.66. The number of amides is 1. The van der Waals surface area contributed by atoms with E-state index in [1.807, 2.05) is 18.2 Å². The third kappa shape index (κ3) is 4.32. The van der Waals surface area contributed by atoms with E-state index in [-0.39, 0.29) is 16.7 Å². The third-order valence-electron chi connectivity index (χ3n) is 2.70. The lowest BCUT2D eigenvalue weighted by atomic mass is 10.2. The molecule has 1 aromatic carbocycles. The van der Waals surface area contributed by atoms with Gasteiger partial charge in [0.25, 0.3) is 0 Å². The minimum Gasteiger partial charge on any atom is -0.478 e. The van der Waals surface area contributed by atoms with Crippen molar-refractivity contribution in [2.75, 3.05) is 5.32 Å². The molecule has 108 valence electrons. The molecule has 2 N–H and O–H groups in total. The zero-order chi connectivity index (χ0) is 15.2. The van der Waals surface area contributed by atoms with E-state index in [4.69, 9.17) is 5.11 Å². The van der Waals surface area contributed by atoms with Gasteiger partial charge in [0.05, 0.1) is 15.8 Å². The van der Waals surface area contributed by atoms with Gasteiger partial charge in [-0.2, -0.15) is 0 Å². The fourth-order valence-corrected chi connectivity index (χ4v) is 2.40. The van der Waals surface area contributed by atoms with Crippen LogP contribution in [0.15, 0.2) is 53.7 Å². The summed E-state index contributed by atoms with van der Waals surface area (Å²) >= 11 is 1.36. The van der Waals surface area contributed by atoms with Gasteiger partial charge in [-0.05, 0) is 43.3 Å². The lowest BCUT2D eigenvalue weighted by molar-refractivity contribution is -0.115. The van der Waals surface area contributed by atoms with Crippen LogP contribution in [0, 0.1) is 0 Å². The molecule has 0 aliphatic carbocycles. The van der Waals surface area contributed by atoms with Crippen LogP contribution in [0.1, 0.15) is 17.3 Å². The summed E-state index contributed by atoms with van der Waals surface area (Å²) in [4.78, 5) is 27.0. The summed E-state index contributed by atoms with van der Waals surface area (Å²) in [5.74, 6) is -1.15. The van der Waals surface area contributed by atoms with E-state index in [9.17, 15) is 9.59 Å². The Labute approximate surface area is 126 Å². The number of pyridine rings is 1. The van der Waals surface area contributed by atoms with Gasteiger partial charge in [0.1, 0.15) is 0 Å². The van der Waals surface area contributed by atoms with Gasteiger partial charge in [0.2, 0.25) is 5.91 Å². The Morgan fingerprint density at radius 3 is 2.48 bits per heavy atom. The van der Waals surface area contributed by atoms with Gasteiger partial charge in [0.15, 0.2) is 0 Å². The van der Waals surface area contributed by atoms with Crippen molar-refractivity contribution < 1.29 is 14.7 Å². The molecular weight excluding hydrogens is 288 g/mol. The molecule has 1 aromatic heterocycles. The number of benzene rings is 1. The fraction of sp³-hybridized carbons (Fsp3) is 0.133. The van der Waals surface area contributed by atoms with Crippen molar-refractivity contribution in [3.8, 4) is 0 Å². The van der Waals surface area contributed by atoms with Gasteiger partial charge in [0, 0.05) is 11.9 Å². The van der Waals surface area contributed by atoms with E-state index in [1.54, 1.807) is 25.3 Å². The first-order valence-corrected chi connectivity index (χ1v) is 7.16. The summed E-state index contributed by atoms with van der Waals surface area (Å²) in [6.07, 6.45) is 1.68. The number of nitrogens with one attached hydrogen (secondary N) is 1. The number of carbonyl (C=O) groups excluding carboxylic acids is 1. The van der Waals surface area contributed by atoms with Crippen LogP contribution in [0.2, 0.25) is 0 Å². The van der Waals surface area contributed by atoms with Gasteiger partial charge >= 0.3 is 5.97 Å². The molecule has 21 heavy (non-hydrogen) atoms. The van der Waals surface area contributed by atoms with Crippen molar-refractivity contribution in [1.29, 1.82) is 0 Å². The number of carboxylic acids is 1. The predicted octanol–water partition coefficient (Wildman–Crippen LogP) is 2.90. The van der Waals surface area contributed by atoms with E-state index in [0.29, 0.717) is 5.69 Å². The number of nitrogens with zero attached hydrogens (tertiary/aromatic N) is 1. The first-order valence-electron chi connectivity index (χ1n) is 6.28. The number of carboxylic acid groups (broad SMARTS) is 1. The number of hydrogen-bond acceptors (Lipinski definition) is 4. The Morgan fingerprint density at radius 1 is 1.19 bits per heavy atom. The SMILES string of the molecule is CC(Sc1ccccn1)C(=O)Nc1ccc(C(=O)O)cc1. The molecule has 2 rings (SSSR count). The number of anilines is 1. The van der Waals surface area contributed by atoms with Crippen molar-refractivity contribution >= 4 is 29.3 Å². The summed E-state index contributed by atoms with van der Waals surface area (Å²) < 4.78 is 0. The smallest absolute Gasteiger partial charge is 0.335 e. The molecule has 2 aromatic rings. The van der Waals surface area contributed by atoms with Crippen molar-refractivity contribution in [3.05, 3.63) is 54.2 Å². The predicted molar refractivity (Wildman–Crippen MR) is 81.6 cm³/mol. The molecule has 6 heteroatoms. The molecule has 1 heterocycles. The average molecular weight is 302 g/mol. The summed E-state index contributed by atoms with van der Waals surface area (Å²) in [7, 11) is 0. The maximum atomic E-state index is 12.1. The van der Waals surface area contributed by atoms with Crippen LogP contribution in [0.4, 0.5) is 5.69 Å². The quantitative estimate of drug-likeness (QED) is 0.830. The first-order chi connectivity index (χ1) is 10.1. The molecule has 0 radical (unpaired) electrons. The zero-order valence-corrected chi connectivity index (χ0v) is 12.1. The van der Waals surface area contributed by atoms with Gasteiger partial charge in [-0.3, -0.25) is 4.79 Å². The van der Waals surface area contributed by atoms with E-state index >= 15 is 0 Å². The molecule has 0 bridgehead atoms. The highest BCUT2D eigenvalue weighted by molar-refractivity contribution is 8.00. The van der Waals surface area contributed by atoms with E-state index < -0.39 is 5.97 Å². The molecule has 0 saturated carbocycles. The Bertz CT molecular complexity index is 629. The number of aromatic carboxylic acids is 1. The lowest BCUT2D eigenvalue weighted by Gasteiger charge is -2.11. The van der Waals surface area contributed by atoms with Crippen LogP contribution in [0.25, 0.3) is 0 Å². The number of thioether (sulfide) groups is 1. The lowest BCUT2D eigenvalue weighted by Crippen LogP contribution is -2.22. The summed E-state index contributed by atoms with van der Waals surface area (Å²) in [6.45, 7) is 1.79. The van der Waals surface area contributed by atoms with Gasteiger partial charge in [-0.25, -0.2) is 9.78 Å². The largest absolute Gasteiger partial charge is 0.478 e. The third-order valence-corrected chi connectivity index (χ3v) is 3.75. The van der Waals surface area contributed by atoms with Crippen LogP contribution in [0.5, 0.6) is 0 Å². The first kappa shape index (κ1) is 15.1. The molecule has 5 nitrogen and oxygen atoms in total. The Kier molecular flexibility index (Phi) is 4.94. The highest BCUT2D eigenvalue weighted by atomic mass is 32.2. The Morgan fingerprint density at radius 2 is 1.90 bits per heavy atom. The van der Waals surface area contributed by atoms with Gasteiger partial charge in [-0.1, -0.05) is 17.8 Å². The minimum atomic E-state index is -0.994. The van der Waals surface area contributed by atoms with Crippen molar-refractivity contribution in [3.63, 3.8) is 0 Å². The highest BCUT2D eigenvalue weighted by Gasteiger charge is 2.15. The molecule has 0 fully saturated rings. The number of hydrogen-bond donors (Lipinski definition) is 2. The number of carbonyl (C=O) groups is 2. The van der Waals surface area contributed by atoms with Crippen LogP contribution >= 0.6 is 11.8 Å². The van der Waals surface area contributed by atoms with Crippen LogP contribution in [0.3, 0.4) is 0 Å². The highest BCUT2D eigenvalue weighted by Crippen LogP contribution is 2.21. The molecule has 0 aliphatic rings. The molecule has 0 aliphatic heterocycles. The fourth-order valence-electron chi connectivity index (χ4n) is 1.59. The molecule has 0 spiro atoms. The zero-order valence-electron chi connectivity index (χ0n) is 11.3. The second-order valence-electron chi connectivity index (χ2n) is 4.30. The molecule has 1 unspecified atom stereocenters. The number of aromatic nitrogens is 1. The summed E-state index contributed by atoms with van der Waals surface area (Å²) in [5.41, 5.74) is 0.752. The Hall–Kier alpha value is -2.34. The van der Waals surface area contributed by atoms with Crippen LogP contribution in [-0.4, -0.2) is 27.2 Å². The van der Waals surface area contributed by atoms with Crippen molar-refractivity contribution in [1.82, 2.24) is 4.98 Å². The van der Waals surface area contributed by atoms with Crippen LogP contribution in [-0.2, 0) is 4.79 Å². The Balaban J connectivity index is 1.95. The molecule has 1 amide bonds. The standard InChI is InChI=1S/C15H14N2O3S/c1-10(21-13-4-2-3-9-16-13)14(18)17-12-7-5-11(6-8-12)15(19)20/h2-10H,1H3,(H,17,18)(H,19,20). The van der Waals surface area contributed by atoms with Crippen molar-refractivity contribution in [2.24, 2.45) is 0 Å². The maximum absolute atomic E-state index is 12.1. The van der Waals surface area contributed by atoms with E-state index in [2.05, 4.69) is 10.3 Å². The topological polar surface area (TPSA) is 79.3 Å². The van der Waals surface area contributed by atoms with E-state index in [0.717, 1.165) is 5.03 Å². The molecule has 1 atom stereocenters. The second kappa shape index (κ2) is 6.90. The summed E-state index contributed by atoms with van der Waals surface area (Å²) in [6, 6.07) is 11.6. The van der Waals surface area contributed by atoms with Crippen molar-refractivity contribution in [2.45, 2.75) is 17.2 Å². The van der Waals surface area contributed by atoms with E-state index in [1.165, 1.54) is 23.9 Å². The average Bonchev–Trinajstić information content (AvgIpc) is 2.48. The minimum absolute atomic E-state index is 0.159. The van der Waals surface area contributed by atoms with Gasteiger partial charge < -0.3 is 10.4 Å². The molecular formula is C15H14N2O3S. The maximum Gasteiger partial charge on any atom is 0.335 e.